The van der Waals surface area contributed by atoms with E-state index in [-0.39, 0.29) is 11.3 Å². The van der Waals surface area contributed by atoms with Gasteiger partial charge in [0.25, 0.3) is 0 Å². The molecule has 37 heavy (non-hydrogen) atoms. The van der Waals surface area contributed by atoms with Crippen LogP contribution < -0.4 is 0 Å². The Bertz CT molecular complexity index is 825. The van der Waals surface area contributed by atoms with E-state index in [0.717, 1.165) is 42.9 Å². The van der Waals surface area contributed by atoms with E-state index in [2.05, 4.69) is 34.6 Å². The van der Waals surface area contributed by atoms with Gasteiger partial charge in [0.15, 0.2) is 0 Å². The Morgan fingerprint density at radius 2 is 1.51 bits per heavy atom. The number of alkyl halides is 5. The molecule has 2 nitrogen and oxygen atoms in total. The molecule has 0 amide bonds. The number of halogens is 5. The molecular formula is C30H47F5O2. The van der Waals surface area contributed by atoms with Crippen molar-refractivity contribution in [1.82, 2.24) is 0 Å². The summed E-state index contributed by atoms with van der Waals surface area (Å²) < 4.78 is 69.5. The number of rotatable bonds is 7. The second-order valence-corrected chi connectivity index (χ2v) is 14.1. The normalized spacial score (nSPS) is 41.1. The molecule has 9 unspecified atom stereocenters. The summed E-state index contributed by atoms with van der Waals surface area (Å²) >= 11 is 0. The minimum absolute atomic E-state index is 0.0423. The van der Waals surface area contributed by atoms with Crippen molar-refractivity contribution in [3.63, 3.8) is 0 Å². The van der Waals surface area contributed by atoms with Crippen molar-refractivity contribution in [2.24, 2.45) is 52.3 Å². The largest absolute Gasteiger partial charge is 0.465 e. The molecule has 4 aliphatic carbocycles. The lowest BCUT2D eigenvalue weighted by molar-refractivity contribution is -0.283. The molecule has 0 aliphatic heterocycles. The van der Waals surface area contributed by atoms with E-state index in [1.807, 2.05) is 0 Å². The van der Waals surface area contributed by atoms with Crippen molar-refractivity contribution in [1.29, 1.82) is 0 Å². The van der Waals surface area contributed by atoms with Gasteiger partial charge in [0.05, 0.1) is 0 Å². The first-order valence-corrected chi connectivity index (χ1v) is 14.8. The van der Waals surface area contributed by atoms with Gasteiger partial charge in [-0.15, -0.1) is 0 Å². The predicted molar refractivity (Wildman–Crippen MR) is 134 cm³/mol. The summed E-state index contributed by atoms with van der Waals surface area (Å²) in [6.07, 6.45) is 5.70. The van der Waals surface area contributed by atoms with E-state index in [4.69, 9.17) is 4.74 Å². The highest BCUT2D eigenvalue weighted by molar-refractivity contribution is 5.78. The molecular weight excluding hydrogens is 487 g/mol. The molecule has 0 saturated heterocycles. The second kappa shape index (κ2) is 10.3. The fourth-order valence-corrected chi connectivity index (χ4v) is 9.69. The van der Waals surface area contributed by atoms with Crippen LogP contribution in [0.4, 0.5) is 22.0 Å². The molecule has 0 spiro atoms. The average molecular weight is 535 g/mol. The summed E-state index contributed by atoms with van der Waals surface area (Å²) in [6, 6.07) is 0. The smallest absolute Gasteiger partial charge is 0.458 e. The maximum absolute atomic E-state index is 13.5. The van der Waals surface area contributed by atoms with Gasteiger partial charge in [-0.1, -0.05) is 53.9 Å². The second-order valence-electron chi connectivity index (χ2n) is 14.1. The summed E-state index contributed by atoms with van der Waals surface area (Å²) in [7, 11) is 0. The zero-order chi connectivity index (χ0) is 27.4. The Balaban J connectivity index is 1.40. The third-order valence-electron chi connectivity index (χ3n) is 11.7. The van der Waals surface area contributed by atoms with Gasteiger partial charge < -0.3 is 4.74 Å². The van der Waals surface area contributed by atoms with Crippen molar-refractivity contribution < 1.29 is 31.5 Å². The maximum Gasteiger partial charge on any atom is 0.465 e. The predicted octanol–water partition coefficient (Wildman–Crippen LogP) is 9.22. The quantitative estimate of drug-likeness (QED) is 0.240. The van der Waals surface area contributed by atoms with Crippen molar-refractivity contribution in [2.75, 3.05) is 0 Å². The van der Waals surface area contributed by atoms with Crippen LogP contribution >= 0.6 is 0 Å². The lowest BCUT2D eigenvalue weighted by atomic mass is 9.44. The topological polar surface area (TPSA) is 26.3 Å². The third-order valence-corrected chi connectivity index (χ3v) is 11.7. The van der Waals surface area contributed by atoms with Gasteiger partial charge in [0, 0.05) is 0 Å². The van der Waals surface area contributed by atoms with Crippen molar-refractivity contribution in [3.05, 3.63) is 0 Å². The van der Waals surface area contributed by atoms with Crippen molar-refractivity contribution in [2.45, 2.75) is 130 Å². The van der Waals surface area contributed by atoms with Crippen LogP contribution in [-0.4, -0.2) is 24.2 Å². The number of carbonyl (C=O) groups excluding carboxylic acids is 1. The Morgan fingerprint density at radius 1 is 0.865 bits per heavy atom. The van der Waals surface area contributed by atoms with Gasteiger partial charge in [-0.2, -0.15) is 22.0 Å². The molecule has 4 aliphatic rings. The molecule has 4 fully saturated rings. The van der Waals surface area contributed by atoms with Gasteiger partial charge in [-0.25, -0.2) is 4.79 Å². The maximum atomic E-state index is 13.5. The lowest BCUT2D eigenvalue weighted by Gasteiger charge is -2.61. The van der Waals surface area contributed by atoms with E-state index in [1.54, 1.807) is 0 Å². The van der Waals surface area contributed by atoms with Crippen LogP contribution in [0.1, 0.15) is 112 Å². The van der Waals surface area contributed by atoms with Gasteiger partial charge >= 0.3 is 18.1 Å². The number of hydrogen-bond acceptors (Lipinski definition) is 2. The molecule has 0 radical (unpaired) electrons. The van der Waals surface area contributed by atoms with E-state index in [1.165, 1.54) is 44.9 Å². The van der Waals surface area contributed by atoms with Gasteiger partial charge in [0.2, 0.25) is 0 Å². The Labute approximate surface area is 219 Å². The number of ether oxygens (including phenoxy) is 1. The molecule has 214 valence electrons. The van der Waals surface area contributed by atoms with Crippen LogP contribution in [0.5, 0.6) is 0 Å². The molecule has 0 aromatic heterocycles. The minimum atomic E-state index is -5.93. The molecule has 9 atom stereocenters. The summed E-state index contributed by atoms with van der Waals surface area (Å²) in [5.41, 5.74) is 0.429. The molecule has 4 rings (SSSR count). The van der Waals surface area contributed by atoms with Crippen LogP contribution in [0, 0.1) is 52.3 Å². The van der Waals surface area contributed by atoms with Crippen molar-refractivity contribution >= 4 is 5.97 Å². The highest BCUT2D eigenvalue weighted by Crippen LogP contribution is 2.68. The average Bonchev–Trinajstić information content (AvgIpc) is 3.15. The molecule has 0 aromatic carbocycles. The zero-order valence-corrected chi connectivity index (χ0v) is 23.3. The summed E-state index contributed by atoms with van der Waals surface area (Å²) in [6.45, 7) is 11.9. The molecule has 7 heteroatoms. The first kappa shape index (κ1) is 29.1. The van der Waals surface area contributed by atoms with Gasteiger partial charge in [-0.3, -0.25) is 0 Å². The van der Waals surface area contributed by atoms with Crippen LogP contribution in [0.15, 0.2) is 0 Å². The minimum Gasteiger partial charge on any atom is -0.458 e. The SMILES string of the molecule is CC(C)CCCC(C)C1CCC2C3CCC4CC(OC(=O)C(F)(F)C(F)(F)F)CCC4(C)C3CCC12C. The van der Waals surface area contributed by atoms with Crippen LogP contribution in [0.2, 0.25) is 0 Å². The summed E-state index contributed by atoms with van der Waals surface area (Å²) in [5, 5.41) is 0. The van der Waals surface area contributed by atoms with Crippen LogP contribution in [0.25, 0.3) is 0 Å². The van der Waals surface area contributed by atoms with E-state index in [0.29, 0.717) is 30.1 Å². The number of hydrogen-bond donors (Lipinski definition) is 0. The van der Waals surface area contributed by atoms with E-state index >= 15 is 0 Å². The monoisotopic (exact) mass is 534 g/mol. The third kappa shape index (κ3) is 5.19. The molecule has 0 heterocycles. The van der Waals surface area contributed by atoms with Gasteiger partial charge in [-0.05, 0) is 110 Å². The lowest BCUT2D eigenvalue weighted by Crippen LogP contribution is -2.55. The highest BCUT2D eigenvalue weighted by atomic mass is 19.4. The van der Waals surface area contributed by atoms with Crippen molar-refractivity contribution in [3.8, 4) is 0 Å². The fraction of sp³-hybridized carbons (Fsp3) is 0.967. The van der Waals surface area contributed by atoms with Crippen LogP contribution in [-0.2, 0) is 9.53 Å². The van der Waals surface area contributed by atoms with Gasteiger partial charge in [0.1, 0.15) is 6.10 Å². The summed E-state index contributed by atoms with van der Waals surface area (Å²) in [5.74, 6) is -3.46. The Hall–Kier alpha value is -0.880. The molecule has 0 N–H and O–H groups in total. The summed E-state index contributed by atoms with van der Waals surface area (Å²) in [4.78, 5) is 11.7. The number of carbonyl (C=O) groups is 1. The first-order chi connectivity index (χ1) is 17.1. The fourth-order valence-electron chi connectivity index (χ4n) is 9.69. The molecule has 0 aromatic rings. The Kier molecular flexibility index (Phi) is 8.07. The van der Waals surface area contributed by atoms with E-state index < -0.39 is 24.2 Å². The molecule has 4 saturated carbocycles. The van der Waals surface area contributed by atoms with Crippen LogP contribution in [0.3, 0.4) is 0 Å². The number of fused-ring (bicyclic) bond motifs is 5. The standard InChI is InChI=1S/C30H47F5O2/c1-18(2)7-6-8-19(3)23-11-12-24-22-10-9-20-17-21(37-26(36)29(31,32)30(33,34)35)13-15-27(20,4)25(22)14-16-28(23,24)5/h18-25H,6-17H2,1-5H3. The zero-order valence-electron chi connectivity index (χ0n) is 23.3. The number of esters is 1. The highest BCUT2D eigenvalue weighted by Gasteiger charge is 2.66. The van der Waals surface area contributed by atoms with E-state index in [9.17, 15) is 26.7 Å². The first-order valence-electron chi connectivity index (χ1n) is 14.8. The molecule has 0 bridgehead atoms. The Morgan fingerprint density at radius 3 is 2.16 bits per heavy atom.